The maximum atomic E-state index is 14.4. The molecule has 0 bridgehead atoms. The Morgan fingerprint density at radius 1 is 0.339 bits per heavy atom. The molecule has 3 aliphatic heterocycles. The zero-order chi connectivity index (χ0) is 89.7. The first-order valence-electron chi connectivity index (χ1n) is 42.6. The fourth-order valence-electron chi connectivity index (χ4n) is 14.1. The summed E-state index contributed by atoms with van der Waals surface area (Å²) >= 11 is 0. The van der Waals surface area contributed by atoms with Crippen molar-refractivity contribution < 1.29 is 146 Å². The van der Waals surface area contributed by atoms with Crippen molar-refractivity contribution in [2.45, 2.75) is 298 Å². The Bertz CT molecular complexity index is 3440. The quantitative estimate of drug-likeness (QED) is 0.00770. The number of benzene rings is 1. The Labute approximate surface area is 706 Å². The number of ether oxygens (including phenoxy) is 13. The van der Waals surface area contributed by atoms with Gasteiger partial charge in [-0.25, -0.2) is 13.2 Å². The summed E-state index contributed by atoms with van der Waals surface area (Å²) < 4.78 is 145. The Hall–Kier alpha value is -7.74. The van der Waals surface area contributed by atoms with E-state index in [2.05, 4.69) is 52.1 Å². The van der Waals surface area contributed by atoms with Crippen LogP contribution in [0.5, 0.6) is 5.75 Å². The third-order valence-electron chi connectivity index (χ3n) is 22.2. The van der Waals surface area contributed by atoms with E-state index in [0.717, 1.165) is 0 Å². The molecule has 3 heterocycles. The van der Waals surface area contributed by atoms with Crippen molar-refractivity contribution in [3.63, 3.8) is 0 Å². The van der Waals surface area contributed by atoms with Crippen molar-refractivity contribution in [3.05, 3.63) is 29.1 Å². The second-order valence-corrected chi connectivity index (χ2v) is 32.1. The first-order valence-corrected chi connectivity index (χ1v) is 42.6. The first-order chi connectivity index (χ1) is 57.4. The van der Waals surface area contributed by atoms with E-state index >= 15 is 0 Å². The maximum Gasteiger partial charge on any atom is 0.311 e. The Kier molecular flexibility index (Phi) is 49.7. The van der Waals surface area contributed by atoms with E-state index in [0.29, 0.717) is 96.5 Å². The van der Waals surface area contributed by atoms with E-state index in [-0.39, 0.29) is 199 Å². The highest BCUT2D eigenvalue weighted by molar-refractivity contribution is 5.81. The lowest BCUT2D eigenvalue weighted by molar-refractivity contribution is -0.255. The molecule has 0 aromatic heterocycles. The average Bonchev–Trinajstić information content (AvgIpc) is 0.880. The minimum absolute atomic E-state index is 0.0167. The van der Waals surface area contributed by atoms with Crippen LogP contribution in [-0.4, -0.2) is 217 Å². The number of Topliss-reactive ketones (excluding diaryl/α,β-unsaturated/α-hetero) is 3. The number of rotatable bonds is 60. The number of halogens is 5. The molecule has 36 heteroatoms. The van der Waals surface area contributed by atoms with E-state index in [4.69, 9.17) is 56.8 Å². The van der Waals surface area contributed by atoms with Crippen molar-refractivity contribution in [3.8, 4) is 5.75 Å². The second-order valence-electron chi connectivity index (χ2n) is 32.1. The average molecular weight is 1730 g/mol. The lowest BCUT2D eigenvalue weighted by Crippen LogP contribution is -2.59. The van der Waals surface area contributed by atoms with Crippen LogP contribution in [0, 0.1) is 70.5 Å². The molecule has 3 aliphatic rings. The van der Waals surface area contributed by atoms with Gasteiger partial charge in [-0.3, -0.25) is 62.3 Å². The zero-order valence-corrected chi connectivity index (χ0v) is 72.5. The largest absolute Gasteiger partial charge is 0.463 e. The number of hydrogen-bond acceptors (Lipinski definition) is 26. The van der Waals surface area contributed by atoms with Crippen molar-refractivity contribution >= 4 is 76.7 Å². The molecular formula is C85H132F5N5O26. The van der Waals surface area contributed by atoms with Crippen LogP contribution in [-0.2, 0) is 119 Å². The maximum absolute atomic E-state index is 14.4. The van der Waals surface area contributed by atoms with E-state index in [1.807, 2.05) is 27.7 Å². The molecule has 7 unspecified atom stereocenters. The molecule has 121 heavy (non-hydrogen) atoms. The van der Waals surface area contributed by atoms with Gasteiger partial charge in [0.05, 0.1) is 56.8 Å². The van der Waals surface area contributed by atoms with Crippen molar-refractivity contribution in [1.82, 2.24) is 26.6 Å². The first kappa shape index (κ1) is 106. The molecule has 0 saturated carbocycles. The summed E-state index contributed by atoms with van der Waals surface area (Å²) in [7, 11) is 0. The van der Waals surface area contributed by atoms with Crippen LogP contribution in [0.4, 0.5) is 22.0 Å². The van der Waals surface area contributed by atoms with Crippen LogP contribution < -0.4 is 31.3 Å². The van der Waals surface area contributed by atoms with Crippen molar-refractivity contribution in [1.29, 1.82) is 0 Å². The Morgan fingerprint density at radius 2 is 0.702 bits per heavy atom. The normalized spacial score (nSPS) is 23.2. The monoisotopic (exact) mass is 1730 g/mol. The molecule has 0 spiro atoms. The highest BCUT2D eigenvalue weighted by atomic mass is 19.2. The standard InChI is InChI=1S/C85H132F5N5O26/c1-51-52(2)66(45-114-60(10)98)118-82(57(51)7)111-40-22-19-30-63(101)27-15-13-16-29-65(103)36-43-109-48-85(95-71(106)33-25-35-73(108)121-81-77(89)75(87)74(86)76(88)78(81)90,50-117-72(107)34-18-14-17-28-64(102)31-20-23-41-112-83-79(93-58(8)96)55(5)53(3)67(119-83)46-115-61(11)99)49-110-44-37-70(105)92-39-26-38-91-69(104)32-21-24-42-113-84-80(94-59(9)97)56(6)54(4)68(120-84)47-116-62(12)100/h51-57,66-68,79-80,82-84H,13-50H2,1-12H3,(H,91,104)(H,92,105)(H,93,96)(H,94,97)(H,95,106)/t51-,52+,53+,54+,55-,56-,57?,66?,67?,68?,79?,80?,82+,83+,84+,85?/m0/s1. The van der Waals surface area contributed by atoms with Gasteiger partial charge < -0.3 is 88.2 Å². The number of unbranched alkanes of at least 4 members (excludes halogenated alkanes) is 7. The lowest BCUT2D eigenvalue weighted by atomic mass is 9.79. The lowest BCUT2D eigenvalue weighted by Gasteiger charge is -2.44. The molecule has 4 rings (SSSR count). The molecule has 1 aromatic rings. The van der Waals surface area contributed by atoms with Crippen LogP contribution in [0.1, 0.15) is 244 Å². The van der Waals surface area contributed by atoms with E-state index in [1.165, 1.54) is 34.6 Å². The predicted octanol–water partition coefficient (Wildman–Crippen LogP) is 9.79. The van der Waals surface area contributed by atoms with Gasteiger partial charge in [0, 0.05) is 144 Å². The fourth-order valence-corrected chi connectivity index (χ4v) is 14.1. The fraction of sp³-hybridized carbons (Fsp3) is 0.776. The molecule has 3 fully saturated rings. The third-order valence-corrected chi connectivity index (χ3v) is 22.2. The smallest absolute Gasteiger partial charge is 0.311 e. The van der Waals surface area contributed by atoms with Gasteiger partial charge in [-0.05, 0) is 113 Å². The highest BCUT2D eigenvalue weighted by Crippen LogP contribution is 2.38. The van der Waals surface area contributed by atoms with Crippen molar-refractivity contribution in [2.75, 3.05) is 85.8 Å². The van der Waals surface area contributed by atoms with E-state index in [9.17, 15) is 84.3 Å². The van der Waals surface area contributed by atoms with Gasteiger partial charge in [0.2, 0.25) is 64.4 Å². The Balaban J connectivity index is 1.35. The van der Waals surface area contributed by atoms with Crippen LogP contribution in [0.3, 0.4) is 0 Å². The summed E-state index contributed by atoms with van der Waals surface area (Å²) in [6, 6.07) is -0.939. The highest BCUT2D eigenvalue weighted by Gasteiger charge is 2.46. The van der Waals surface area contributed by atoms with Gasteiger partial charge in [0.25, 0.3) is 0 Å². The molecule has 0 aliphatic carbocycles. The third kappa shape index (κ3) is 40.2. The van der Waals surface area contributed by atoms with E-state index < -0.39 is 158 Å². The van der Waals surface area contributed by atoms with Gasteiger partial charge in [-0.1, -0.05) is 61.3 Å². The summed E-state index contributed by atoms with van der Waals surface area (Å²) in [5.74, 6) is -19.4. The molecule has 1 aromatic carbocycles. The molecule has 0 radical (unpaired) electrons. The van der Waals surface area contributed by atoms with Gasteiger partial charge in [-0.2, -0.15) is 8.78 Å². The number of hydrogen-bond donors (Lipinski definition) is 5. The van der Waals surface area contributed by atoms with Gasteiger partial charge >= 0.3 is 29.8 Å². The molecule has 5 amide bonds. The predicted molar refractivity (Wildman–Crippen MR) is 425 cm³/mol. The summed E-state index contributed by atoms with van der Waals surface area (Å²) in [4.78, 5) is 164. The van der Waals surface area contributed by atoms with Crippen molar-refractivity contribution in [2.24, 2.45) is 41.4 Å². The zero-order valence-electron chi connectivity index (χ0n) is 72.5. The summed E-state index contributed by atoms with van der Waals surface area (Å²) in [6.45, 7) is 19.9. The summed E-state index contributed by atoms with van der Waals surface area (Å²) in [5.41, 5.74) is -1.79. The van der Waals surface area contributed by atoms with Gasteiger partial charge in [-0.15, -0.1) is 0 Å². The van der Waals surface area contributed by atoms with Gasteiger partial charge in [0.1, 0.15) is 49.3 Å². The molecule has 688 valence electrons. The van der Waals surface area contributed by atoms with Crippen LogP contribution >= 0.6 is 0 Å². The van der Waals surface area contributed by atoms with E-state index in [1.54, 1.807) is 0 Å². The SMILES string of the molecule is CC(=O)NC1[C@H](OCCCCC(=O)CCCCCC(=O)OCC(COCCC(=O)CCCCCC(=O)CCCCO[C@@H]2OC(COC(C)=O)[C@H](C)[C@H](C)C2C)(COCCC(=O)NCCCNC(=O)CCCCO[C@@H]2OC(COC(C)=O)[C@H](C)[C@H](C)C2NC(C)=O)NC(=O)CCCC(=O)Oc2c(F)c(F)c(F)c(F)c2F)OC(COC(C)=O)[C@H](C)[C@@H]1C. The summed E-state index contributed by atoms with van der Waals surface area (Å²) in [5, 5.41) is 14.1. The number of ketones is 3. The Morgan fingerprint density at radius 3 is 1.15 bits per heavy atom. The second kappa shape index (κ2) is 56.9. The number of carbonyl (C=O) groups excluding carboxylic acids is 13. The van der Waals surface area contributed by atoms with Crippen LogP contribution in [0.15, 0.2) is 0 Å². The number of carbonyl (C=O) groups is 13. The number of amides is 5. The molecule has 31 nitrogen and oxygen atoms in total. The van der Waals surface area contributed by atoms with Gasteiger partial charge in [0.15, 0.2) is 18.9 Å². The molecular weight excluding hydrogens is 1600 g/mol. The minimum Gasteiger partial charge on any atom is -0.463 e. The van der Waals surface area contributed by atoms with Crippen LogP contribution in [0.2, 0.25) is 0 Å². The molecule has 16 atom stereocenters. The summed E-state index contributed by atoms with van der Waals surface area (Å²) in [6.07, 6.45) is 2.04. The molecule has 3 saturated heterocycles. The van der Waals surface area contributed by atoms with Crippen LogP contribution in [0.25, 0.3) is 0 Å². The topological polar surface area (TPSA) is 402 Å². The molecule has 5 N–H and O–H groups in total. The number of nitrogens with one attached hydrogen (secondary N) is 5. The number of esters is 5. The minimum atomic E-state index is -2.48.